The number of ether oxygens (including phenoxy) is 1. The molecule has 0 bridgehead atoms. The normalized spacial score (nSPS) is 17.1. The molecule has 0 spiro atoms. The van der Waals surface area contributed by atoms with Gasteiger partial charge >= 0.3 is 0 Å². The molecule has 1 aliphatic heterocycles. The van der Waals surface area contributed by atoms with E-state index < -0.39 is 17.7 Å². The van der Waals surface area contributed by atoms with Crippen molar-refractivity contribution in [3.8, 4) is 5.75 Å². The largest absolute Gasteiger partial charge is 0.507 e. The molecule has 7 heteroatoms. The first-order chi connectivity index (χ1) is 17.1. The van der Waals surface area contributed by atoms with Gasteiger partial charge in [-0.15, -0.1) is 0 Å². The van der Waals surface area contributed by atoms with E-state index in [4.69, 9.17) is 16.3 Å². The Morgan fingerprint density at radius 1 is 1.00 bits per heavy atom. The van der Waals surface area contributed by atoms with Crippen LogP contribution in [0.25, 0.3) is 5.76 Å². The van der Waals surface area contributed by atoms with Crippen molar-refractivity contribution in [1.29, 1.82) is 0 Å². The molecule has 36 heavy (non-hydrogen) atoms. The highest BCUT2D eigenvalue weighted by Crippen LogP contribution is 2.43. The van der Waals surface area contributed by atoms with Crippen LogP contribution in [0.2, 0.25) is 5.02 Å². The van der Waals surface area contributed by atoms with E-state index in [0.29, 0.717) is 22.9 Å². The second-order valence-corrected chi connectivity index (χ2v) is 9.65. The lowest BCUT2D eigenvalue weighted by Gasteiger charge is -2.26. The van der Waals surface area contributed by atoms with Gasteiger partial charge in [0, 0.05) is 31.0 Å². The van der Waals surface area contributed by atoms with Gasteiger partial charge in [0.1, 0.15) is 11.5 Å². The molecule has 1 N–H and O–H groups in total. The summed E-state index contributed by atoms with van der Waals surface area (Å²) in [6, 6.07) is 19.1. The molecular formula is C29H29ClN2O4. The van der Waals surface area contributed by atoms with Crippen LogP contribution < -0.4 is 14.5 Å². The molecule has 1 fully saturated rings. The smallest absolute Gasteiger partial charge is 0.300 e. The number of aliphatic hydroxyl groups is 1. The molecule has 3 aromatic carbocycles. The average Bonchev–Trinajstić information content (AvgIpc) is 3.14. The zero-order valence-corrected chi connectivity index (χ0v) is 21.7. The Kier molecular flexibility index (Phi) is 7.09. The molecule has 1 saturated heterocycles. The third kappa shape index (κ3) is 4.56. The first kappa shape index (κ1) is 25.3. The number of ketones is 1. The standard InChI is InChI=1S/C29H29ClN2O4/c1-17(2)18-6-8-19(9-7-18)26-25(27(33)23-16-22(36-5)14-15-24(23)30)28(34)29(35)32(26)21-12-10-20(11-13-21)31(3)4/h6-17,26,33H,1-5H3/b27-25+. The highest BCUT2D eigenvalue weighted by atomic mass is 35.5. The maximum Gasteiger partial charge on any atom is 0.300 e. The van der Waals surface area contributed by atoms with Crippen molar-refractivity contribution < 1.29 is 19.4 Å². The van der Waals surface area contributed by atoms with Crippen LogP contribution in [-0.4, -0.2) is 38.0 Å². The Bertz CT molecular complexity index is 1330. The Labute approximate surface area is 216 Å². The van der Waals surface area contributed by atoms with Crippen LogP contribution >= 0.6 is 11.6 Å². The maximum atomic E-state index is 13.4. The molecular weight excluding hydrogens is 476 g/mol. The topological polar surface area (TPSA) is 70.1 Å². The SMILES string of the molecule is COc1ccc(Cl)c(/C(O)=C2\C(=O)C(=O)N(c3ccc(N(C)C)cc3)C2c2ccc(C(C)C)cc2)c1. The van der Waals surface area contributed by atoms with E-state index in [9.17, 15) is 14.7 Å². The van der Waals surface area contributed by atoms with E-state index in [0.717, 1.165) is 11.3 Å². The van der Waals surface area contributed by atoms with Gasteiger partial charge in [-0.05, 0) is 59.5 Å². The molecule has 1 heterocycles. The number of amides is 1. The van der Waals surface area contributed by atoms with Crippen LogP contribution in [0.1, 0.15) is 42.5 Å². The first-order valence-electron chi connectivity index (χ1n) is 11.7. The summed E-state index contributed by atoms with van der Waals surface area (Å²) in [5, 5.41) is 11.6. The van der Waals surface area contributed by atoms with Crippen LogP contribution in [0.5, 0.6) is 5.75 Å². The van der Waals surface area contributed by atoms with Crippen LogP contribution in [0.15, 0.2) is 72.3 Å². The van der Waals surface area contributed by atoms with E-state index in [1.165, 1.54) is 12.0 Å². The van der Waals surface area contributed by atoms with Crippen molar-refractivity contribution in [2.75, 3.05) is 31.0 Å². The van der Waals surface area contributed by atoms with Crippen molar-refractivity contribution in [3.05, 3.63) is 94.0 Å². The Hall–Kier alpha value is -3.77. The lowest BCUT2D eigenvalue weighted by atomic mass is 9.93. The quantitative estimate of drug-likeness (QED) is 0.247. The minimum atomic E-state index is -0.835. The lowest BCUT2D eigenvalue weighted by Crippen LogP contribution is -2.29. The van der Waals surface area contributed by atoms with Gasteiger partial charge in [0.05, 0.1) is 23.7 Å². The van der Waals surface area contributed by atoms with Gasteiger partial charge < -0.3 is 14.7 Å². The van der Waals surface area contributed by atoms with E-state index >= 15 is 0 Å². The van der Waals surface area contributed by atoms with Gasteiger partial charge in [-0.25, -0.2) is 0 Å². The molecule has 1 atom stereocenters. The summed E-state index contributed by atoms with van der Waals surface area (Å²) in [5.41, 5.74) is 3.54. The minimum absolute atomic E-state index is 0.0239. The number of halogens is 1. The predicted molar refractivity (Wildman–Crippen MR) is 144 cm³/mol. The molecule has 1 amide bonds. The summed E-state index contributed by atoms with van der Waals surface area (Å²) in [4.78, 5) is 30.2. The summed E-state index contributed by atoms with van der Waals surface area (Å²) in [6.07, 6.45) is 0. The summed E-state index contributed by atoms with van der Waals surface area (Å²) < 4.78 is 5.28. The third-order valence-electron chi connectivity index (χ3n) is 6.44. The fourth-order valence-corrected chi connectivity index (χ4v) is 4.55. The number of Topliss-reactive ketones (excluding diaryl/α,β-unsaturated/α-hetero) is 1. The number of hydrogen-bond donors (Lipinski definition) is 1. The zero-order chi connectivity index (χ0) is 26.1. The number of hydrogen-bond acceptors (Lipinski definition) is 5. The van der Waals surface area contributed by atoms with Crippen molar-refractivity contribution in [2.24, 2.45) is 0 Å². The highest BCUT2D eigenvalue weighted by Gasteiger charge is 2.47. The van der Waals surface area contributed by atoms with E-state index in [1.54, 1.807) is 30.3 Å². The van der Waals surface area contributed by atoms with E-state index in [1.807, 2.05) is 55.4 Å². The summed E-state index contributed by atoms with van der Waals surface area (Å²) in [5.74, 6) is -1.05. The predicted octanol–water partition coefficient (Wildman–Crippen LogP) is 6.16. The van der Waals surface area contributed by atoms with Crippen LogP contribution in [0, 0.1) is 0 Å². The van der Waals surface area contributed by atoms with Crippen LogP contribution in [-0.2, 0) is 9.59 Å². The minimum Gasteiger partial charge on any atom is -0.507 e. The highest BCUT2D eigenvalue weighted by molar-refractivity contribution is 6.52. The summed E-state index contributed by atoms with van der Waals surface area (Å²) >= 11 is 6.40. The van der Waals surface area contributed by atoms with Gasteiger partial charge in [-0.3, -0.25) is 14.5 Å². The number of methoxy groups -OCH3 is 1. The molecule has 1 aliphatic rings. The van der Waals surface area contributed by atoms with Gasteiger partial charge in [0.25, 0.3) is 11.7 Å². The second-order valence-electron chi connectivity index (χ2n) is 9.25. The summed E-state index contributed by atoms with van der Waals surface area (Å²) in [6.45, 7) is 4.19. The van der Waals surface area contributed by atoms with Crippen LogP contribution in [0.3, 0.4) is 0 Å². The van der Waals surface area contributed by atoms with Gasteiger partial charge in [-0.1, -0.05) is 49.7 Å². The second kappa shape index (κ2) is 10.1. The molecule has 3 aromatic rings. The number of benzene rings is 3. The molecule has 1 unspecified atom stereocenters. The fourth-order valence-electron chi connectivity index (χ4n) is 4.35. The Morgan fingerprint density at radius 3 is 2.19 bits per heavy atom. The Balaban J connectivity index is 1.93. The first-order valence-corrected chi connectivity index (χ1v) is 12.0. The number of carbonyl (C=O) groups excluding carboxylic acids is 2. The molecule has 0 aromatic heterocycles. The monoisotopic (exact) mass is 504 g/mol. The summed E-state index contributed by atoms with van der Waals surface area (Å²) in [7, 11) is 5.35. The average molecular weight is 505 g/mol. The maximum absolute atomic E-state index is 13.4. The molecule has 0 aliphatic carbocycles. The van der Waals surface area contributed by atoms with Gasteiger partial charge in [0.2, 0.25) is 0 Å². The van der Waals surface area contributed by atoms with Crippen molar-refractivity contribution in [2.45, 2.75) is 25.8 Å². The van der Waals surface area contributed by atoms with Crippen molar-refractivity contribution >= 4 is 40.4 Å². The van der Waals surface area contributed by atoms with Crippen LogP contribution in [0.4, 0.5) is 11.4 Å². The molecule has 0 saturated carbocycles. The van der Waals surface area contributed by atoms with Gasteiger partial charge in [0.15, 0.2) is 0 Å². The van der Waals surface area contributed by atoms with Crippen molar-refractivity contribution in [1.82, 2.24) is 0 Å². The van der Waals surface area contributed by atoms with Crippen molar-refractivity contribution in [3.63, 3.8) is 0 Å². The molecule has 0 radical (unpaired) electrons. The number of aliphatic hydroxyl groups excluding tert-OH is 1. The zero-order valence-electron chi connectivity index (χ0n) is 20.9. The Morgan fingerprint density at radius 2 is 1.64 bits per heavy atom. The number of rotatable bonds is 6. The van der Waals surface area contributed by atoms with Gasteiger partial charge in [-0.2, -0.15) is 0 Å². The molecule has 4 rings (SSSR count). The lowest BCUT2D eigenvalue weighted by molar-refractivity contribution is -0.132. The number of anilines is 2. The van der Waals surface area contributed by atoms with E-state index in [-0.39, 0.29) is 21.9 Å². The number of nitrogens with zero attached hydrogens (tertiary/aromatic N) is 2. The number of carbonyl (C=O) groups is 2. The fraction of sp³-hybridized carbons (Fsp3) is 0.241. The molecule has 186 valence electrons. The van der Waals surface area contributed by atoms with E-state index in [2.05, 4.69) is 13.8 Å². The molecule has 6 nitrogen and oxygen atoms in total. The third-order valence-corrected chi connectivity index (χ3v) is 6.77.